The van der Waals surface area contributed by atoms with Crippen molar-refractivity contribution < 1.29 is 4.74 Å². The van der Waals surface area contributed by atoms with Gasteiger partial charge in [-0.25, -0.2) is 0 Å². The zero-order valence-electron chi connectivity index (χ0n) is 9.63. The molecule has 0 bridgehead atoms. The van der Waals surface area contributed by atoms with Crippen LogP contribution in [0.15, 0.2) is 23.3 Å². The average Bonchev–Trinajstić information content (AvgIpc) is 2.15. The maximum atomic E-state index is 5.63. The van der Waals surface area contributed by atoms with Crippen LogP contribution in [0.4, 0.5) is 0 Å². The second-order valence-corrected chi connectivity index (χ2v) is 3.56. The van der Waals surface area contributed by atoms with Gasteiger partial charge in [-0.15, -0.1) is 6.42 Å². The molecule has 0 spiro atoms. The number of hydrogen-bond acceptors (Lipinski definition) is 1. The molecule has 0 amide bonds. The van der Waals surface area contributed by atoms with Crippen molar-refractivity contribution in [3.63, 3.8) is 0 Å². The second kappa shape index (κ2) is 7.41. The predicted molar refractivity (Wildman–Crippen MR) is 62.1 cm³/mol. The van der Waals surface area contributed by atoms with Gasteiger partial charge in [-0.1, -0.05) is 24.5 Å². The molecule has 0 rings (SSSR count). The van der Waals surface area contributed by atoms with E-state index in [-0.39, 0.29) is 6.10 Å². The van der Waals surface area contributed by atoms with Crippen molar-refractivity contribution in [2.75, 3.05) is 6.61 Å². The van der Waals surface area contributed by atoms with Gasteiger partial charge in [0.2, 0.25) is 0 Å². The maximum absolute atomic E-state index is 5.63. The minimum Gasteiger partial charge on any atom is -0.370 e. The van der Waals surface area contributed by atoms with Crippen LogP contribution in [0.5, 0.6) is 0 Å². The van der Waals surface area contributed by atoms with Crippen LogP contribution >= 0.6 is 0 Å². The smallest absolute Gasteiger partial charge is 0.0769 e. The number of terminal acetylenes is 1. The van der Waals surface area contributed by atoms with Crippen LogP contribution in [-0.2, 0) is 4.74 Å². The molecule has 1 atom stereocenters. The molecular weight excluding hydrogens is 172 g/mol. The zero-order valence-corrected chi connectivity index (χ0v) is 9.63. The molecule has 0 aromatic carbocycles. The first-order valence-electron chi connectivity index (χ1n) is 5.00. The lowest BCUT2D eigenvalue weighted by molar-refractivity contribution is 0.106. The van der Waals surface area contributed by atoms with Crippen LogP contribution in [0.3, 0.4) is 0 Å². The maximum Gasteiger partial charge on any atom is 0.0769 e. The Hall–Kier alpha value is -1.00. The Balaban J connectivity index is 4.06. The van der Waals surface area contributed by atoms with Crippen LogP contribution in [0.1, 0.15) is 34.1 Å². The van der Waals surface area contributed by atoms with Gasteiger partial charge in [0.15, 0.2) is 0 Å². The molecule has 0 aromatic rings. The summed E-state index contributed by atoms with van der Waals surface area (Å²) in [5.41, 5.74) is 2.21. The molecular formula is C13H20O. The number of rotatable bonds is 5. The van der Waals surface area contributed by atoms with Crippen molar-refractivity contribution in [2.24, 2.45) is 0 Å². The quantitative estimate of drug-likeness (QED) is 0.479. The molecule has 1 unspecified atom stereocenters. The topological polar surface area (TPSA) is 9.23 Å². The second-order valence-electron chi connectivity index (χ2n) is 3.56. The van der Waals surface area contributed by atoms with E-state index in [0.29, 0.717) is 6.61 Å². The summed E-state index contributed by atoms with van der Waals surface area (Å²) in [6.07, 6.45) is 10.4. The highest BCUT2D eigenvalue weighted by Gasteiger charge is 2.01. The third kappa shape index (κ3) is 6.51. The highest BCUT2D eigenvalue weighted by Crippen LogP contribution is 2.04. The first-order valence-corrected chi connectivity index (χ1v) is 5.00. The molecule has 78 valence electrons. The van der Waals surface area contributed by atoms with E-state index in [4.69, 9.17) is 11.2 Å². The fourth-order valence-corrected chi connectivity index (χ4v) is 0.949. The molecule has 14 heavy (non-hydrogen) atoms. The standard InChI is InChI=1S/C13H20O/c1-6-12(5)10-13(7-2)14-9-8-11(3)4/h1,8,10,13H,7,9H2,2-5H3/b12-10-. The van der Waals surface area contributed by atoms with Gasteiger partial charge in [-0.3, -0.25) is 0 Å². The summed E-state index contributed by atoms with van der Waals surface area (Å²) in [7, 11) is 0. The van der Waals surface area contributed by atoms with E-state index < -0.39 is 0 Å². The van der Waals surface area contributed by atoms with Gasteiger partial charge in [0.25, 0.3) is 0 Å². The molecule has 0 radical (unpaired) electrons. The molecule has 0 N–H and O–H groups in total. The van der Waals surface area contributed by atoms with Gasteiger partial charge in [-0.2, -0.15) is 0 Å². The Morgan fingerprint density at radius 1 is 1.43 bits per heavy atom. The molecule has 0 heterocycles. The summed E-state index contributed by atoms with van der Waals surface area (Å²) in [6.45, 7) is 8.80. The molecule has 0 saturated heterocycles. The Morgan fingerprint density at radius 3 is 2.50 bits per heavy atom. The third-order valence-corrected chi connectivity index (χ3v) is 1.87. The van der Waals surface area contributed by atoms with E-state index in [1.807, 2.05) is 13.0 Å². The Morgan fingerprint density at radius 2 is 2.07 bits per heavy atom. The number of hydrogen-bond donors (Lipinski definition) is 0. The summed E-state index contributed by atoms with van der Waals surface area (Å²) in [5, 5.41) is 0. The van der Waals surface area contributed by atoms with Crippen LogP contribution in [-0.4, -0.2) is 12.7 Å². The predicted octanol–water partition coefficient (Wildman–Crippen LogP) is 3.33. The van der Waals surface area contributed by atoms with Crippen LogP contribution in [0.2, 0.25) is 0 Å². The van der Waals surface area contributed by atoms with Crippen molar-refractivity contribution in [1.82, 2.24) is 0 Å². The summed E-state index contributed by atoms with van der Waals surface area (Å²) < 4.78 is 5.63. The fourth-order valence-electron chi connectivity index (χ4n) is 0.949. The molecule has 1 nitrogen and oxygen atoms in total. The van der Waals surface area contributed by atoms with Gasteiger partial charge in [0.1, 0.15) is 0 Å². The zero-order chi connectivity index (χ0) is 11.0. The minimum absolute atomic E-state index is 0.140. The van der Waals surface area contributed by atoms with Gasteiger partial charge in [-0.05, 0) is 38.8 Å². The van der Waals surface area contributed by atoms with E-state index in [1.165, 1.54) is 5.57 Å². The molecule has 0 aliphatic carbocycles. The summed E-state index contributed by atoms with van der Waals surface area (Å²) in [6, 6.07) is 0. The lowest BCUT2D eigenvalue weighted by Crippen LogP contribution is -2.09. The van der Waals surface area contributed by atoms with Gasteiger partial charge in [0, 0.05) is 0 Å². The van der Waals surface area contributed by atoms with Crippen molar-refractivity contribution in [3.8, 4) is 12.3 Å². The normalized spacial score (nSPS) is 13.2. The Bertz CT molecular complexity index is 249. The first-order chi connectivity index (χ1) is 6.60. The highest BCUT2D eigenvalue weighted by molar-refractivity contribution is 5.23. The number of ether oxygens (including phenoxy) is 1. The van der Waals surface area contributed by atoms with Gasteiger partial charge >= 0.3 is 0 Å². The van der Waals surface area contributed by atoms with Gasteiger partial charge < -0.3 is 4.74 Å². The lowest BCUT2D eigenvalue weighted by Gasteiger charge is -2.10. The van der Waals surface area contributed by atoms with Crippen LogP contribution in [0.25, 0.3) is 0 Å². The molecule has 0 aromatic heterocycles. The van der Waals surface area contributed by atoms with Crippen molar-refractivity contribution in [1.29, 1.82) is 0 Å². The lowest BCUT2D eigenvalue weighted by atomic mass is 10.2. The van der Waals surface area contributed by atoms with E-state index in [0.717, 1.165) is 12.0 Å². The van der Waals surface area contributed by atoms with E-state index >= 15 is 0 Å². The monoisotopic (exact) mass is 192 g/mol. The summed E-state index contributed by atoms with van der Waals surface area (Å²) >= 11 is 0. The first kappa shape index (κ1) is 13.0. The Kier molecular flexibility index (Phi) is 6.88. The summed E-state index contributed by atoms with van der Waals surface area (Å²) in [5.74, 6) is 2.59. The van der Waals surface area contributed by atoms with Gasteiger partial charge in [0.05, 0.1) is 12.7 Å². The molecule has 0 aliphatic rings. The van der Waals surface area contributed by atoms with Crippen molar-refractivity contribution in [3.05, 3.63) is 23.3 Å². The number of allylic oxidation sites excluding steroid dienone is 2. The Labute approximate surface area is 87.9 Å². The summed E-state index contributed by atoms with van der Waals surface area (Å²) in [4.78, 5) is 0. The van der Waals surface area contributed by atoms with Crippen LogP contribution in [0, 0.1) is 12.3 Å². The average molecular weight is 192 g/mol. The van der Waals surface area contributed by atoms with Crippen LogP contribution < -0.4 is 0 Å². The van der Waals surface area contributed by atoms with E-state index in [2.05, 4.69) is 32.8 Å². The SMILES string of the molecule is C#C/C(C)=C\C(CC)OCC=C(C)C. The van der Waals surface area contributed by atoms with Crippen molar-refractivity contribution >= 4 is 0 Å². The largest absolute Gasteiger partial charge is 0.370 e. The third-order valence-electron chi connectivity index (χ3n) is 1.87. The molecule has 0 saturated carbocycles. The minimum atomic E-state index is 0.140. The molecule has 0 aliphatic heterocycles. The van der Waals surface area contributed by atoms with Crippen molar-refractivity contribution in [2.45, 2.75) is 40.2 Å². The van der Waals surface area contributed by atoms with E-state index in [9.17, 15) is 0 Å². The molecule has 1 heteroatoms. The van der Waals surface area contributed by atoms with E-state index in [1.54, 1.807) is 0 Å². The fraction of sp³-hybridized carbons (Fsp3) is 0.538. The molecule has 0 fully saturated rings. The highest BCUT2D eigenvalue weighted by atomic mass is 16.5.